The van der Waals surface area contributed by atoms with Crippen molar-refractivity contribution in [2.24, 2.45) is 5.10 Å². The number of nitrogens with one attached hydrogen (secondary N) is 2. The lowest BCUT2D eigenvalue weighted by Gasteiger charge is -2.14. The van der Waals surface area contributed by atoms with Crippen molar-refractivity contribution in [3.8, 4) is 11.5 Å². The molecule has 2 aromatic rings. The zero-order valence-corrected chi connectivity index (χ0v) is 17.5. The lowest BCUT2D eigenvalue weighted by Crippen LogP contribution is -2.38. The molecule has 160 valence electrons. The van der Waals surface area contributed by atoms with Crippen molar-refractivity contribution in [3.63, 3.8) is 0 Å². The predicted octanol–water partition coefficient (Wildman–Crippen LogP) is 3.43. The SMILES string of the molecule is CCCCNC(=O)C(=O)N/N=C\c1cccc(OC)c1OCc1c(F)cccc1Cl. The molecule has 2 aromatic carbocycles. The first-order valence-electron chi connectivity index (χ1n) is 9.31. The second-order valence-electron chi connectivity index (χ2n) is 6.18. The van der Waals surface area contributed by atoms with Crippen LogP contribution in [0.15, 0.2) is 41.5 Å². The van der Waals surface area contributed by atoms with Crippen LogP contribution in [0.3, 0.4) is 0 Å². The van der Waals surface area contributed by atoms with Crippen LogP contribution < -0.4 is 20.2 Å². The molecule has 0 aromatic heterocycles. The van der Waals surface area contributed by atoms with Gasteiger partial charge in [-0.2, -0.15) is 5.10 Å². The summed E-state index contributed by atoms with van der Waals surface area (Å²) in [6.07, 6.45) is 2.98. The van der Waals surface area contributed by atoms with Crippen LogP contribution in [-0.2, 0) is 16.2 Å². The molecule has 2 N–H and O–H groups in total. The van der Waals surface area contributed by atoms with Crippen LogP contribution in [0.5, 0.6) is 11.5 Å². The van der Waals surface area contributed by atoms with Gasteiger partial charge in [0.15, 0.2) is 11.5 Å². The molecule has 0 aliphatic carbocycles. The van der Waals surface area contributed by atoms with Gasteiger partial charge in [0.2, 0.25) is 0 Å². The minimum Gasteiger partial charge on any atom is -0.493 e. The first-order valence-corrected chi connectivity index (χ1v) is 9.69. The second-order valence-corrected chi connectivity index (χ2v) is 6.58. The highest BCUT2D eigenvalue weighted by Crippen LogP contribution is 2.32. The highest BCUT2D eigenvalue weighted by Gasteiger charge is 2.14. The normalized spacial score (nSPS) is 10.7. The summed E-state index contributed by atoms with van der Waals surface area (Å²) < 4.78 is 25.0. The minimum atomic E-state index is -0.883. The van der Waals surface area contributed by atoms with E-state index in [9.17, 15) is 14.0 Å². The number of methoxy groups -OCH3 is 1. The molecule has 7 nitrogen and oxygen atoms in total. The molecule has 0 radical (unpaired) electrons. The fourth-order valence-electron chi connectivity index (χ4n) is 2.43. The highest BCUT2D eigenvalue weighted by atomic mass is 35.5. The molecule has 0 heterocycles. The molecule has 0 fully saturated rings. The third kappa shape index (κ3) is 6.45. The largest absolute Gasteiger partial charge is 0.493 e. The molecule has 0 unspecified atom stereocenters. The number of ether oxygens (including phenoxy) is 2. The Hall–Kier alpha value is -3.13. The predicted molar refractivity (Wildman–Crippen MR) is 112 cm³/mol. The summed E-state index contributed by atoms with van der Waals surface area (Å²) in [5.41, 5.74) is 2.81. The van der Waals surface area contributed by atoms with Gasteiger partial charge in [-0.15, -0.1) is 0 Å². The van der Waals surface area contributed by atoms with Gasteiger partial charge in [-0.1, -0.05) is 37.1 Å². The first kappa shape index (κ1) is 23.2. The first-order chi connectivity index (χ1) is 14.5. The monoisotopic (exact) mass is 435 g/mol. The molecule has 9 heteroatoms. The molecule has 0 bridgehead atoms. The number of halogens is 2. The second kappa shape index (κ2) is 11.8. The Morgan fingerprint density at radius 1 is 1.20 bits per heavy atom. The van der Waals surface area contributed by atoms with Crippen molar-refractivity contribution < 1.29 is 23.5 Å². The lowest BCUT2D eigenvalue weighted by molar-refractivity contribution is -0.139. The van der Waals surface area contributed by atoms with Crippen LogP contribution in [0.4, 0.5) is 4.39 Å². The van der Waals surface area contributed by atoms with Crippen molar-refractivity contribution in [2.75, 3.05) is 13.7 Å². The summed E-state index contributed by atoms with van der Waals surface area (Å²) in [4.78, 5) is 23.4. The molecule has 30 heavy (non-hydrogen) atoms. The zero-order chi connectivity index (χ0) is 21.9. The van der Waals surface area contributed by atoms with Crippen LogP contribution in [0.1, 0.15) is 30.9 Å². The molecule has 2 amide bonds. The quantitative estimate of drug-likeness (QED) is 0.273. The van der Waals surface area contributed by atoms with Gasteiger partial charge in [-0.05, 0) is 30.7 Å². The van der Waals surface area contributed by atoms with Gasteiger partial charge in [0.1, 0.15) is 12.4 Å². The summed E-state index contributed by atoms with van der Waals surface area (Å²) in [7, 11) is 1.46. The fraction of sp³-hybridized carbons (Fsp3) is 0.286. The van der Waals surface area contributed by atoms with E-state index < -0.39 is 17.6 Å². The topological polar surface area (TPSA) is 89.0 Å². The summed E-state index contributed by atoms with van der Waals surface area (Å²) in [5, 5.41) is 6.53. The smallest absolute Gasteiger partial charge is 0.329 e. The highest BCUT2D eigenvalue weighted by molar-refractivity contribution is 6.35. The Labute approximate surface area is 179 Å². The van der Waals surface area contributed by atoms with E-state index in [2.05, 4.69) is 15.8 Å². The summed E-state index contributed by atoms with van der Waals surface area (Å²) >= 11 is 6.04. The van der Waals surface area contributed by atoms with Crippen molar-refractivity contribution in [1.82, 2.24) is 10.7 Å². The van der Waals surface area contributed by atoms with Crippen molar-refractivity contribution in [3.05, 3.63) is 58.4 Å². The van der Waals surface area contributed by atoms with Gasteiger partial charge < -0.3 is 14.8 Å². The van der Waals surface area contributed by atoms with Crippen LogP contribution >= 0.6 is 11.6 Å². The third-order valence-corrected chi connectivity index (χ3v) is 4.40. The van der Waals surface area contributed by atoms with E-state index in [0.29, 0.717) is 17.9 Å². The Morgan fingerprint density at radius 2 is 1.97 bits per heavy atom. The van der Waals surface area contributed by atoms with Gasteiger partial charge in [-0.3, -0.25) is 9.59 Å². The molecular formula is C21H23ClFN3O4. The Balaban J connectivity index is 2.10. The van der Waals surface area contributed by atoms with Crippen LogP contribution in [0.25, 0.3) is 0 Å². The maximum absolute atomic E-state index is 14.0. The van der Waals surface area contributed by atoms with E-state index in [0.717, 1.165) is 12.8 Å². The molecule has 0 saturated heterocycles. The van der Waals surface area contributed by atoms with E-state index in [-0.39, 0.29) is 22.9 Å². The van der Waals surface area contributed by atoms with Gasteiger partial charge in [0.05, 0.1) is 18.3 Å². The van der Waals surface area contributed by atoms with E-state index in [1.165, 1.54) is 25.5 Å². The maximum atomic E-state index is 14.0. The molecule has 0 aliphatic heterocycles. The summed E-state index contributed by atoms with van der Waals surface area (Å²) in [5.74, 6) is -1.48. The fourth-order valence-corrected chi connectivity index (χ4v) is 2.65. The van der Waals surface area contributed by atoms with Gasteiger partial charge in [-0.25, -0.2) is 9.82 Å². The number of carbonyl (C=O) groups excluding carboxylic acids is 2. The van der Waals surface area contributed by atoms with Crippen molar-refractivity contribution >= 4 is 29.6 Å². The number of unbranched alkanes of at least 4 members (excludes halogenated alkanes) is 1. The van der Waals surface area contributed by atoms with Gasteiger partial charge in [0, 0.05) is 17.7 Å². The Kier molecular flexibility index (Phi) is 9.08. The number of benzene rings is 2. The van der Waals surface area contributed by atoms with Gasteiger partial charge >= 0.3 is 11.8 Å². The number of amides is 2. The van der Waals surface area contributed by atoms with E-state index in [1.54, 1.807) is 24.3 Å². The average molecular weight is 436 g/mol. The standard InChI is InChI=1S/C21H23ClFN3O4/c1-3-4-11-24-20(27)21(28)26-25-12-14-7-5-10-18(29-2)19(14)30-13-15-16(22)8-6-9-17(15)23/h5-10,12H,3-4,11,13H2,1-2H3,(H,24,27)(H,26,28)/b25-12-. The number of rotatable bonds is 9. The molecule has 2 rings (SSSR count). The zero-order valence-electron chi connectivity index (χ0n) is 16.7. The van der Waals surface area contributed by atoms with Crippen molar-refractivity contribution in [2.45, 2.75) is 26.4 Å². The van der Waals surface area contributed by atoms with Crippen molar-refractivity contribution in [1.29, 1.82) is 0 Å². The van der Waals surface area contributed by atoms with Crippen LogP contribution in [0.2, 0.25) is 5.02 Å². The number of hydrazone groups is 1. The maximum Gasteiger partial charge on any atom is 0.329 e. The number of nitrogens with zero attached hydrogens (tertiary/aromatic N) is 1. The molecule has 0 atom stereocenters. The number of carbonyl (C=O) groups is 2. The van der Waals surface area contributed by atoms with E-state index >= 15 is 0 Å². The molecule has 0 aliphatic rings. The summed E-state index contributed by atoms with van der Waals surface area (Å²) in [6, 6.07) is 9.38. The van der Waals surface area contributed by atoms with Crippen LogP contribution in [0, 0.1) is 5.82 Å². The number of para-hydroxylation sites is 1. The van der Waals surface area contributed by atoms with E-state index in [4.69, 9.17) is 21.1 Å². The third-order valence-electron chi connectivity index (χ3n) is 4.04. The average Bonchev–Trinajstić information content (AvgIpc) is 2.73. The van der Waals surface area contributed by atoms with Gasteiger partial charge in [0.25, 0.3) is 0 Å². The van der Waals surface area contributed by atoms with Crippen LogP contribution in [-0.4, -0.2) is 31.7 Å². The molecule has 0 saturated carbocycles. The Bertz CT molecular complexity index is 901. The molecular weight excluding hydrogens is 413 g/mol. The molecule has 0 spiro atoms. The Morgan fingerprint density at radius 3 is 2.67 bits per heavy atom. The lowest BCUT2D eigenvalue weighted by atomic mass is 10.2. The number of hydrogen-bond acceptors (Lipinski definition) is 5. The minimum absolute atomic E-state index is 0.140. The summed E-state index contributed by atoms with van der Waals surface area (Å²) in [6.45, 7) is 2.25. The number of hydrogen-bond donors (Lipinski definition) is 2. The van der Waals surface area contributed by atoms with E-state index in [1.807, 2.05) is 6.92 Å².